The molecule has 2 saturated carbocycles. The van der Waals surface area contributed by atoms with Gasteiger partial charge < -0.3 is 5.32 Å². The predicted octanol–water partition coefficient (Wildman–Crippen LogP) is 1.79. The van der Waals surface area contributed by atoms with E-state index in [1.165, 1.54) is 19.1 Å². The van der Waals surface area contributed by atoms with Crippen LogP contribution >= 0.6 is 0 Å². The Morgan fingerprint density at radius 3 is 1.67 bits per heavy atom. The zero-order valence-electron chi connectivity index (χ0n) is 13.1. The minimum Gasteiger partial charge on any atom is -0.354 e. The number of hydrogen-bond donors (Lipinski definition) is 2. The topological polar surface area (TPSA) is 75.3 Å². The summed E-state index contributed by atoms with van der Waals surface area (Å²) >= 11 is 0. The Hall–Kier alpha value is -0.620. The fraction of sp³-hybridized carbons (Fsp3) is 0.933. The molecular formula is C15H28N2O3S. The molecule has 0 saturated heterocycles. The maximum Gasteiger partial charge on any atom is 0.217 e. The van der Waals surface area contributed by atoms with E-state index in [2.05, 4.69) is 10.0 Å². The summed E-state index contributed by atoms with van der Waals surface area (Å²) in [7, 11) is -3.08. The van der Waals surface area contributed by atoms with Crippen molar-refractivity contribution in [3.63, 3.8) is 0 Å². The van der Waals surface area contributed by atoms with Gasteiger partial charge in [-0.05, 0) is 63.2 Å². The van der Waals surface area contributed by atoms with E-state index in [4.69, 9.17) is 0 Å². The molecule has 0 radical (unpaired) electrons. The first-order valence-corrected chi connectivity index (χ1v) is 9.97. The highest BCUT2D eigenvalue weighted by Gasteiger charge is 2.31. The molecule has 5 nitrogen and oxygen atoms in total. The number of hydrogen-bond acceptors (Lipinski definition) is 3. The number of nitrogens with one attached hydrogen (secondary N) is 2. The van der Waals surface area contributed by atoms with E-state index in [0.29, 0.717) is 6.04 Å². The molecule has 2 aliphatic carbocycles. The van der Waals surface area contributed by atoms with E-state index >= 15 is 0 Å². The second kappa shape index (κ2) is 7.09. The van der Waals surface area contributed by atoms with Crippen molar-refractivity contribution < 1.29 is 13.2 Å². The minimum atomic E-state index is -3.08. The third-order valence-electron chi connectivity index (χ3n) is 5.00. The first kappa shape index (κ1) is 16.7. The van der Waals surface area contributed by atoms with Gasteiger partial charge in [0.2, 0.25) is 15.9 Å². The highest BCUT2D eigenvalue weighted by atomic mass is 32.2. The lowest BCUT2D eigenvalue weighted by Gasteiger charge is -2.37. The molecule has 0 aromatic rings. The molecule has 0 aromatic carbocycles. The summed E-state index contributed by atoms with van der Waals surface area (Å²) in [4.78, 5) is 11.1. The van der Waals surface area contributed by atoms with Crippen LogP contribution in [0.3, 0.4) is 0 Å². The summed E-state index contributed by atoms with van der Waals surface area (Å²) in [5, 5.41) is 3.02. The summed E-state index contributed by atoms with van der Waals surface area (Å²) in [5.41, 5.74) is 0. The normalized spacial score (nSPS) is 34.4. The number of rotatable bonds is 4. The van der Waals surface area contributed by atoms with Gasteiger partial charge in [0, 0.05) is 19.0 Å². The van der Waals surface area contributed by atoms with Crippen LogP contribution in [0.5, 0.6) is 0 Å². The predicted molar refractivity (Wildman–Crippen MR) is 83.3 cm³/mol. The van der Waals surface area contributed by atoms with Gasteiger partial charge in [-0.3, -0.25) is 4.79 Å². The molecule has 2 N–H and O–H groups in total. The second-order valence-electron chi connectivity index (χ2n) is 6.81. The molecule has 0 aromatic heterocycles. The fourth-order valence-electron chi connectivity index (χ4n) is 4.03. The van der Waals surface area contributed by atoms with Crippen molar-refractivity contribution in [1.82, 2.24) is 10.0 Å². The van der Waals surface area contributed by atoms with Gasteiger partial charge in [-0.25, -0.2) is 13.1 Å². The van der Waals surface area contributed by atoms with Gasteiger partial charge in [-0.1, -0.05) is 0 Å². The molecule has 0 heterocycles. The lowest BCUT2D eigenvalue weighted by atomic mass is 9.71. The first-order chi connectivity index (χ1) is 9.83. The Morgan fingerprint density at radius 1 is 0.857 bits per heavy atom. The molecule has 1 amide bonds. The zero-order valence-corrected chi connectivity index (χ0v) is 13.9. The smallest absolute Gasteiger partial charge is 0.217 e. The third kappa shape index (κ3) is 5.58. The van der Waals surface area contributed by atoms with Crippen molar-refractivity contribution in [2.24, 2.45) is 11.8 Å². The highest BCUT2D eigenvalue weighted by Crippen LogP contribution is 2.38. The summed E-state index contributed by atoms with van der Waals surface area (Å²) in [6.07, 6.45) is 9.98. The molecule has 0 aliphatic heterocycles. The zero-order chi connectivity index (χ0) is 15.5. The third-order valence-corrected chi connectivity index (χ3v) is 5.76. The van der Waals surface area contributed by atoms with Crippen molar-refractivity contribution in [2.45, 2.75) is 70.4 Å². The van der Waals surface area contributed by atoms with Crippen molar-refractivity contribution in [1.29, 1.82) is 0 Å². The maximum atomic E-state index is 11.3. The van der Waals surface area contributed by atoms with Gasteiger partial charge in [-0.15, -0.1) is 0 Å². The average Bonchev–Trinajstić information content (AvgIpc) is 2.38. The van der Waals surface area contributed by atoms with E-state index in [1.807, 2.05) is 0 Å². The maximum absolute atomic E-state index is 11.3. The van der Waals surface area contributed by atoms with Gasteiger partial charge in [0.05, 0.1) is 6.26 Å². The standard InChI is InChI=1S/C15H28N2O3S/c1-11(18)16-14-7-3-12(4-8-14)13-5-9-15(10-6-13)17-21(2,19)20/h12-15,17H,3-10H2,1-2H3,(H,16,18). The van der Waals surface area contributed by atoms with Crippen molar-refractivity contribution in [3.8, 4) is 0 Å². The van der Waals surface area contributed by atoms with Crippen molar-refractivity contribution >= 4 is 15.9 Å². The molecule has 0 atom stereocenters. The number of carbonyl (C=O) groups is 1. The average molecular weight is 316 g/mol. The Labute approximate surface area is 128 Å². The van der Waals surface area contributed by atoms with Crippen LogP contribution in [0, 0.1) is 11.8 Å². The van der Waals surface area contributed by atoms with Crippen LogP contribution in [0.4, 0.5) is 0 Å². The van der Waals surface area contributed by atoms with Gasteiger partial charge in [0.1, 0.15) is 0 Å². The highest BCUT2D eigenvalue weighted by molar-refractivity contribution is 7.88. The number of sulfonamides is 1. The van der Waals surface area contributed by atoms with E-state index in [0.717, 1.165) is 50.4 Å². The van der Waals surface area contributed by atoms with Crippen LogP contribution in [0.2, 0.25) is 0 Å². The molecule has 2 aliphatic rings. The van der Waals surface area contributed by atoms with Gasteiger partial charge in [0.15, 0.2) is 0 Å². The summed E-state index contributed by atoms with van der Waals surface area (Å²) in [6, 6.07) is 0.494. The lowest BCUT2D eigenvalue weighted by Crippen LogP contribution is -2.40. The molecule has 0 unspecified atom stereocenters. The largest absolute Gasteiger partial charge is 0.354 e. The summed E-state index contributed by atoms with van der Waals surface area (Å²) in [5.74, 6) is 1.57. The second-order valence-corrected chi connectivity index (χ2v) is 8.59. The van der Waals surface area contributed by atoms with E-state index in [9.17, 15) is 13.2 Å². The van der Waals surface area contributed by atoms with E-state index < -0.39 is 10.0 Å². The minimum absolute atomic E-state index is 0.0748. The lowest BCUT2D eigenvalue weighted by molar-refractivity contribution is -0.119. The van der Waals surface area contributed by atoms with E-state index in [1.54, 1.807) is 6.92 Å². The van der Waals surface area contributed by atoms with Crippen LogP contribution in [0.1, 0.15) is 58.3 Å². The quantitative estimate of drug-likeness (QED) is 0.830. The molecule has 6 heteroatoms. The first-order valence-electron chi connectivity index (χ1n) is 8.08. The monoisotopic (exact) mass is 316 g/mol. The molecule has 2 fully saturated rings. The Kier molecular flexibility index (Phi) is 5.66. The molecule has 2 rings (SSSR count). The fourth-order valence-corrected chi connectivity index (χ4v) is 4.87. The van der Waals surface area contributed by atoms with Gasteiger partial charge in [-0.2, -0.15) is 0 Å². The number of amides is 1. The van der Waals surface area contributed by atoms with Crippen molar-refractivity contribution in [2.75, 3.05) is 6.26 Å². The van der Waals surface area contributed by atoms with Crippen LogP contribution < -0.4 is 10.0 Å². The Balaban J connectivity index is 1.73. The van der Waals surface area contributed by atoms with Crippen LogP contribution in [-0.4, -0.2) is 32.7 Å². The summed E-state index contributed by atoms with van der Waals surface area (Å²) < 4.78 is 25.3. The van der Waals surface area contributed by atoms with Gasteiger partial charge in [0.25, 0.3) is 0 Å². The molecule has 21 heavy (non-hydrogen) atoms. The SMILES string of the molecule is CC(=O)NC1CCC(C2CCC(NS(C)(=O)=O)CC2)CC1. The molecule has 122 valence electrons. The molecular weight excluding hydrogens is 288 g/mol. The van der Waals surface area contributed by atoms with Crippen molar-refractivity contribution in [3.05, 3.63) is 0 Å². The molecule has 0 bridgehead atoms. The number of carbonyl (C=O) groups excluding carboxylic acids is 1. The summed E-state index contributed by atoms with van der Waals surface area (Å²) in [6.45, 7) is 1.59. The Bertz CT molecular complexity index is 448. The Morgan fingerprint density at radius 2 is 1.29 bits per heavy atom. The van der Waals surface area contributed by atoms with Gasteiger partial charge >= 0.3 is 0 Å². The van der Waals surface area contributed by atoms with Crippen LogP contribution in [-0.2, 0) is 14.8 Å². The van der Waals surface area contributed by atoms with E-state index in [-0.39, 0.29) is 11.9 Å². The van der Waals surface area contributed by atoms with Crippen LogP contribution in [0.15, 0.2) is 0 Å². The van der Waals surface area contributed by atoms with Crippen LogP contribution in [0.25, 0.3) is 0 Å². The molecule has 0 spiro atoms.